The van der Waals surface area contributed by atoms with Crippen molar-refractivity contribution < 1.29 is 55.3 Å². The molecule has 2 aliphatic heterocycles. The molecule has 0 aliphatic carbocycles. The van der Waals surface area contributed by atoms with Gasteiger partial charge >= 0.3 is 12.2 Å². The molecule has 4 aromatic rings. The number of anilines is 2. The molecule has 0 unspecified atom stereocenters. The number of hydrogen-bond donors (Lipinski definition) is 4. The van der Waals surface area contributed by atoms with Crippen LogP contribution in [-0.2, 0) is 24.4 Å². The number of amides is 4. The number of carbonyl (C=O) groups excluding carboxylic acids is 3. The van der Waals surface area contributed by atoms with Gasteiger partial charge in [0.2, 0.25) is 11.8 Å². The number of rotatable bonds is 10. The van der Waals surface area contributed by atoms with Gasteiger partial charge in [0.15, 0.2) is 19.7 Å². The minimum absolute atomic E-state index is 0.00428. The summed E-state index contributed by atoms with van der Waals surface area (Å²) in [6.45, 7) is 10.4. The van der Waals surface area contributed by atoms with E-state index in [0.29, 0.717) is 22.5 Å². The third-order valence-electron chi connectivity index (χ3n) is 9.16. The molecule has 0 saturated carbocycles. The molecule has 2 aliphatic rings. The molecular formula is C44H50N6O12S2. The van der Waals surface area contributed by atoms with Crippen molar-refractivity contribution in [3.8, 4) is 34.3 Å². The van der Waals surface area contributed by atoms with Crippen LogP contribution < -0.4 is 30.3 Å². The first-order chi connectivity index (χ1) is 29.9. The molecule has 2 atom stereocenters. The van der Waals surface area contributed by atoms with Gasteiger partial charge in [0.1, 0.15) is 16.7 Å². The van der Waals surface area contributed by atoms with Crippen molar-refractivity contribution in [2.24, 2.45) is 0 Å². The molecule has 0 fully saturated rings. The molecule has 6 rings (SSSR count). The normalized spacial score (nSPS) is 17.0. The number of methoxy groups -OCH3 is 2. The Kier molecular flexibility index (Phi) is 14.5. The van der Waals surface area contributed by atoms with Gasteiger partial charge in [-0.15, -0.1) is 0 Å². The average molecular weight is 919 g/mol. The molecule has 4 amide bonds. The van der Waals surface area contributed by atoms with Crippen LogP contribution in [0, 0.1) is 0 Å². The summed E-state index contributed by atoms with van der Waals surface area (Å²) < 4.78 is 62.6. The molecule has 18 nitrogen and oxygen atoms in total. The van der Waals surface area contributed by atoms with Gasteiger partial charge in [-0.25, -0.2) is 36.4 Å². The SMILES string of the molecule is COc1nc(-c2ccccc2)c(N(C(=O)O)C(C)(C)C)cc1C(=O)N[C@@H]1C=CS(=O)(=O)C1.COc1nc(-c2ccccc2)c(NC(=O)OC(C)(C)C)cc1C(=O)N[C@@H]1C=CS(=O)(=O)C1. The Morgan fingerprint density at radius 2 is 1.12 bits per heavy atom. The van der Waals surface area contributed by atoms with E-state index in [9.17, 15) is 41.1 Å². The van der Waals surface area contributed by atoms with E-state index in [1.54, 1.807) is 77.9 Å². The van der Waals surface area contributed by atoms with Crippen LogP contribution in [-0.4, -0.2) is 105 Å². The maximum Gasteiger partial charge on any atom is 0.412 e. The Morgan fingerprint density at radius 1 is 0.688 bits per heavy atom. The lowest BCUT2D eigenvalue weighted by Crippen LogP contribution is -2.45. The quantitative estimate of drug-likeness (QED) is 0.138. The van der Waals surface area contributed by atoms with Crippen LogP contribution in [0.2, 0.25) is 0 Å². The van der Waals surface area contributed by atoms with E-state index in [4.69, 9.17) is 14.2 Å². The Labute approximate surface area is 371 Å². The third kappa shape index (κ3) is 12.4. The molecule has 4 heterocycles. The van der Waals surface area contributed by atoms with E-state index < -0.39 is 66.9 Å². The van der Waals surface area contributed by atoms with Crippen LogP contribution in [0.3, 0.4) is 0 Å². The summed E-state index contributed by atoms with van der Waals surface area (Å²) in [5.41, 5.74) is 0.961. The molecule has 2 aromatic heterocycles. The molecule has 64 heavy (non-hydrogen) atoms. The first kappa shape index (κ1) is 48.2. The Balaban J connectivity index is 0.000000241. The Morgan fingerprint density at radius 3 is 1.52 bits per heavy atom. The van der Waals surface area contributed by atoms with Crippen LogP contribution in [0.4, 0.5) is 21.0 Å². The predicted molar refractivity (Wildman–Crippen MR) is 241 cm³/mol. The number of nitrogens with zero attached hydrogens (tertiary/aromatic N) is 3. The summed E-state index contributed by atoms with van der Waals surface area (Å²) in [6, 6.07) is 19.5. The Hall–Kier alpha value is -6.80. The van der Waals surface area contributed by atoms with E-state index in [0.717, 1.165) is 15.7 Å². The maximum absolute atomic E-state index is 13.0. The lowest BCUT2D eigenvalue weighted by Gasteiger charge is -2.34. The number of pyridine rings is 2. The van der Waals surface area contributed by atoms with Crippen LogP contribution in [0.25, 0.3) is 22.5 Å². The largest absolute Gasteiger partial charge is 0.480 e. The number of benzene rings is 2. The van der Waals surface area contributed by atoms with Gasteiger partial charge in [-0.1, -0.05) is 60.7 Å². The van der Waals surface area contributed by atoms with Crippen molar-refractivity contribution in [2.75, 3.05) is 35.9 Å². The minimum Gasteiger partial charge on any atom is -0.480 e. The predicted octanol–water partition coefficient (Wildman–Crippen LogP) is 6.23. The second kappa shape index (κ2) is 19.3. The molecule has 20 heteroatoms. The average Bonchev–Trinajstić information content (AvgIpc) is 3.74. The highest BCUT2D eigenvalue weighted by atomic mass is 32.2. The van der Waals surface area contributed by atoms with Crippen LogP contribution in [0.15, 0.2) is 95.8 Å². The van der Waals surface area contributed by atoms with Crippen molar-refractivity contribution >= 4 is 55.1 Å². The smallest absolute Gasteiger partial charge is 0.412 e. The van der Waals surface area contributed by atoms with Gasteiger partial charge in [-0.2, -0.15) is 0 Å². The highest BCUT2D eigenvalue weighted by Crippen LogP contribution is 2.37. The summed E-state index contributed by atoms with van der Waals surface area (Å²) >= 11 is 0. The number of carboxylic acid groups (broad SMARTS) is 1. The number of nitrogens with one attached hydrogen (secondary N) is 3. The summed E-state index contributed by atoms with van der Waals surface area (Å²) in [4.78, 5) is 60.6. The van der Waals surface area contributed by atoms with Crippen LogP contribution in [0.1, 0.15) is 62.3 Å². The minimum atomic E-state index is -3.36. The van der Waals surface area contributed by atoms with E-state index in [1.807, 2.05) is 24.3 Å². The highest BCUT2D eigenvalue weighted by Gasteiger charge is 2.34. The lowest BCUT2D eigenvalue weighted by molar-refractivity contribution is 0.0635. The standard InChI is InChI=1S/2C22H25N3O6S/c1-22(2,3)25(21(27)28)17-12-16(19(26)23-15-10-11-32(29,30)13-15)20(31-4)24-18(17)14-8-6-5-7-9-14;1-22(2,3)31-21(27)24-17-12-16(19(26)23-15-10-11-32(28,29)13-15)20(30-4)25-18(17)14-8-6-5-7-9-14/h5-12,15H,13H2,1-4H3,(H,23,26)(H,27,28);5-12,15H,13H2,1-4H3,(H,23,26)(H,24,27)/t2*15-/m11/s1. The first-order valence-electron chi connectivity index (χ1n) is 19.7. The molecular weight excluding hydrogens is 869 g/mol. The van der Waals surface area contributed by atoms with E-state index in [-0.39, 0.29) is 45.8 Å². The summed E-state index contributed by atoms with van der Waals surface area (Å²) in [5.74, 6) is -1.66. The van der Waals surface area contributed by atoms with E-state index in [1.165, 1.54) is 38.5 Å². The number of hydrogen-bond acceptors (Lipinski definition) is 13. The number of carbonyl (C=O) groups is 4. The fourth-order valence-electron chi connectivity index (χ4n) is 6.50. The Bertz CT molecular complexity index is 2690. The molecule has 0 spiro atoms. The second-order valence-corrected chi connectivity index (χ2v) is 20.3. The number of sulfone groups is 2. The molecule has 2 aromatic carbocycles. The zero-order chi connectivity index (χ0) is 47.2. The molecule has 0 saturated heterocycles. The van der Waals surface area contributed by atoms with Gasteiger partial charge in [-0.05, 0) is 65.8 Å². The fraction of sp³-hybridized carbons (Fsp3) is 0.318. The van der Waals surface area contributed by atoms with Gasteiger partial charge in [-0.3, -0.25) is 19.8 Å². The summed E-state index contributed by atoms with van der Waals surface area (Å²) in [5, 5.41) is 20.0. The van der Waals surface area contributed by atoms with E-state index >= 15 is 0 Å². The fourth-order valence-corrected chi connectivity index (χ4v) is 8.97. The van der Waals surface area contributed by atoms with Crippen molar-refractivity contribution in [3.05, 3.63) is 107 Å². The number of ether oxygens (including phenoxy) is 3. The lowest BCUT2D eigenvalue weighted by atomic mass is 10.0. The molecule has 340 valence electrons. The summed E-state index contributed by atoms with van der Waals surface area (Å²) in [7, 11) is -3.98. The van der Waals surface area contributed by atoms with Gasteiger partial charge in [0.05, 0.1) is 60.6 Å². The van der Waals surface area contributed by atoms with Gasteiger partial charge in [0, 0.05) is 27.5 Å². The monoisotopic (exact) mass is 918 g/mol. The highest BCUT2D eigenvalue weighted by molar-refractivity contribution is 7.94. The van der Waals surface area contributed by atoms with E-state index in [2.05, 4.69) is 25.9 Å². The zero-order valence-electron chi connectivity index (χ0n) is 36.4. The first-order valence-corrected chi connectivity index (χ1v) is 23.1. The number of aromatic nitrogens is 2. The van der Waals surface area contributed by atoms with Crippen molar-refractivity contribution in [3.63, 3.8) is 0 Å². The molecule has 0 radical (unpaired) electrons. The van der Waals surface area contributed by atoms with Crippen molar-refractivity contribution in [1.82, 2.24) is 20.6 Å². The van der Waals surface area contributed by atoms with Gasteiger partial charge < -0.3 is 30.0 Å². The second-order valence-electron chi connectivity index (χ2n) is 16.5. The van der Waals surface area contributed by atoms with Gasteiger partial charge in [0.25, 0.3) is 11.8 Å². The summed E-state index contributed by atoms with van der Waals surface area (Å²) in [6.07, 6.45) is 0.881. The molecule has 0 bridgehead atoms. The van der Waals surface area contributed by atoms with Crippen molar-refractivity contribution in [2.45, 2.75) is 64.8 Å². The van der Waals surface area contributed by atoms with Crippen molar-refractivity contribution in [1.29, 1.82) is 0 Å². The van der Waals surface area contributed by atoms with Crippen LogP contribution >= 0.6 is 0 Å². The maximum atomic E-state index is 13.0. The zero-order valence-corrected chi connectivity index (χ0v) is 38.0. The topological polar surface area (TPSA) is 250 Å². The van der Waals surface area contributed by atoms with Crippen LogP contribution in [0.5, 0.6) is 11.8 Å². The third-order valence-corrected chi connectivity index (χ3v) is 11.9. The molecule has 4 N–H and O–H groups in total.